The first-order chi connectivity index (χ1) is 16.9. The van der Waals surface area contributed by atoms with E-state index < -0.39 is 5.82 Å². The minimum Gasteiger partial charge on any atom is -0.496 e. The SMILES string of the molecule is CCOC(=O)CCCc1cc(F)cc(-c2cnc(-c3ccc(OC(C)C)c(C#N)c3)nc2)c1OC. The molecule has 35 heavy (non-hydrogen) atoms. The zero-order chi connectivity index (χ0) is 25.4. The molecule has 0 radical (unpaired) electrons. The number of esters is 1. The maximum absolute atomic E-state index is 14.5. The van der Waals surface area contributed by atoms with Crippen LogP contribution in [-0.4, -0.2) is 35.8 Å². The topological polar surface area (TPSA) is 94.3 Å². The van der Waals surface area contributed by atoms with Gasteiger partial charge in [0.05, 0.1) is 25.4 Å². The molecule has 7 nitrogen and oxygen atoms in total. The summed E-state index contributed by atoms with van der Waals surface area (Å²) in [4.78, 5) is 20.5. The Balaban J connectivity index is 1.87. The number of carbonyl (C=O) groups is 1. The molecular weight excluding hydrogens is 449 g/mol. The van der Waals surface area contributed by atoms with Gasteiger partial charge in [-0.05, 0) is 69.5 Å². The van der Waals surface area contributed by atoms with Gasteiger partial charge in [0.1, 0.15) is 23.4 Å². The van der Waals surface area contributed by atoms with Crippen LogP contribution in [0.15, 0.2) is 42.7 Å². The van der Waals surface area contributed by atoms with Gasteiger partial charge in [-0.15, -0.1) is 0 Å². The molecule has 3 rings (SSSR count). The fourth-order valence-corrected chi connectivity index (χ4v) is 3.68. The molecular formula is C27H28FN3O4. The van der Waals surface area contributed by atoms with Gasteiger partial charge in [-0.2, -0.15) is 5.26 Å². The maximum Gasteiger partial charge on any atom is 0.305 e. The molecule has 0 saturated carbocycles. The molecule has 2 aromatic carbocycles. The number of halogens is 1. The Kier molecular flexibility index (Phi) is 8.74. The number of methoxy groups -OCH3 is 1. The third-order valence-corrected chi connectivity index (χ3v) is 5.15. The lowest BCUT2D eigenvalue weighted by Gasteiger charge is -2.14. The summed E-state index contributed by atoms with van der Waals surface area (Å²) in [5, 5.41) is 9.48. The van der Waals surface area contributed by atoms with Crippen LogP contribution < -0.4 is 9.47 Å². The summed E-state index contributed by atoms with van der Waals surface area (Å²) in [5.41, 5.74) is 2.80. The van der Waals surface area contributed by atoms with E-state index in [1.165, 1.54) is 19.2 Å². The van der Waals surface area contributed by atoms with Crippen molar-refractivity contribution in [2.45, 2.75) is 46.1 Å². The zero-order valence-corrected chi connectivity index (χ0v) is 20.3. The molecule has 0 aliphatic rings. The molecule has 0 spiro atoms. The lowest BCUT2D eigenvalue weighted by molar-refractivity contribution is -0.143. The molecule has 182 valence electrons. The molecule has 0 atom stereocenters. The van der Waals surface area contributed by atoms with Crippen LogP contribution in [0, 0.1) is 17.1 Å². The van der Waals surface area contributed by atoms with Crippen LogP contribution >= 0.6 is 0 Å². The highest BCUT2D eigenvalue weighted by molar-refractivity contribution is 5.73. The maximum atomic E-state index is 14.5. The summed E-state index contributed by atoms with van der Waals surface area (Å²) in [7, 11) is 1.52. The van der Waals surface area contributed by atoms with E-state index in [-0.39, 0.29) is 18.5 Å². The lowest BCUT2D eigenvalue weighted by atomic mass is 9.99. The summed E-state index contributed by atoms with van der Waals surface area (Å²) in [6, 6.07) is 10.1. The van der Waals surface area contributed by atoms with E-state index in [1.54, 1.807) is 37.5 Å². The summed E-state index contributed by atoms with van der Waals surface area (Å²) >= 11 is 0. The first-order valence-electron chi connectivity index (χ1n) is 11.4. The van der Waals surface area contributed by atoms with Gasteiger partial charge >= 0.3 is 5.97 Å². The summed E-state index contributed by atoms with van der Waals surface area (Å²) in [5.74, 6) is 0.730. The van der Waals surface area contributed by atoms with Crippen LogP contribution in [0.2, 0.25) is 0 Å². The number of nitrogens with zero attached hydrogens (tertiary/aromatic N) is 3. The van der Waals surface area contributed by atoms with E-state index in [2.05, 4.69) is 16.0 Å². The Morgan fingerprint density at radius 2 is 1.89 bits per heavy atom. The molecule has 0 aliphatic heterocycles. The van der Waals surface area contributed by atoms with Crippen molar-refractivity contribution in [3.05, 3.63) is 59.7 Å². The second kappa shape index (κ2) is 11.9. The van der Waals surface area contributed by atoms with Gasteiger partial charge in [-0.1, -0.05) is 0 Å². The lowest BCUT2D eigenvalue weighted by Crippen LogP contribution is -2.06. The van der Waals surface area contributed by atoms with Gasteiger partial charge in [-0.3, -0.25) is 4.79 Å². The van der Waals surface area contributed by atoms with Crippen LogP contribution in [0.5, 0.6) is 11.5 Å². The van der Waals surface area contributed by atoms with Crippen molar-refractivity contribution in [2.75, 3.05) is 13.7 Å². The molecule has 3 aromatic rings. The first kappa shape index (κ1) is 25.6. The number of rotatable bonds is 10. The second-order valence-electron chi connectivity index (χ2n) is 8.09. The molecule has 0 N–H and O–H groups in total. The van der Waals surface area contributed by atoms with E-state index in [9.17, 15) is 14.4 Å². The number of ether oxygens (including phenoxy) is 3. The predicted octanol–water partition coefficient (Wildman–Crippen LogP) is 5.50. The molecule has 0 unspecified atom stereocenters. The minimum absolute atomic E-state index is 0.0558. The third-order valence-electron chi connectivity index (χ3n) is 5.15. The summed E-state index contributed by atoms with van der Waals surface area (Å²) in [6.07, 6.45) is 4.32. The normalized spacial score (nSPS) is 10.7. The number of aryl methyl sites for hydroxylation is 1. The van der Waals surface area contributed by atoms with Crippen LogP contribution in [0.1, 0.15) is 44.7 Å². The number of hydrogen-bond donors (Lipinski definition) is 0. The van der Waals surface area contributed by atoms with Crippen molar-refractivity contribution in [3.63, 3.8) is 0 Å². The summed E-state index contributed by atoms with van der Waals surface area (Å²) < 4.78 is 30.7. The zero-order valence-electron chi connectivity index (χ0n) is 20.3. The van der Waals surface area contributed by atoms with Crippen LogP contribution in [-0.2, 0) is 16.0 Å². The standard InChI is InChI=1S/C27H28FN3O4/c1-5-34-25(32)8-6-7-18-12-22(28)13-23(26(18)33-4)21-15-30-27(31-16-21)19-9-10-24(35-17(2)3)20(11-19)14-29/h9-13,15-17H,5-8H2,1-4H3. The Morgan fingerprint density at radius 1 is 1.14 bits per heavy atom. The van der Waals surface area contributed by atoms with Gasteiger partial charge in [0, 0.05) is 35.5 Å². The molecule has 0 bridgehead atoms. The van der Waals surface area contributed by atoms with E-state index in [4.69, 9.17) is 14.2 Å². The fraction of sp³-hybridized carbons (Fsp3) is 0.333. The van der Waals surface area contributed by atoms with Gasteiger partial charge in [0.25, 0.3) is 0 Å². The molecule has 0 fully saturated rings. The Labute approximate surface area is 204 Å². The number of aromatic nitrogens is 2. The number of hydrogen-bond acceptors (Lipinski definition) is 7. The Bertz CT molecular complexity index is 1220. The van der Waals surface area contributed by atoms with E-state index in [0.717, 1.165) is 0 Å². The highest BCUT2D eigenvalue weighted by Crippen LogP contribution is 2.35. The van der Waals surface area contributed by atoms with Crippen molar-refractivity contribution in [1.29, 1.82) is 5.26 Å². The number of nitriles is 1. The van der Waals surface area contributed by atoms with Crippen LogP contribution in [0.4, 0.5) is 4.39 Å². The third kappa shape index (κ3) is 6.54. The van der Waals surface area contributed by atoms with Crippen molar-refractivity contribution >= 4 is 5.97 Å². The number of carbonyl (C=O) groups excluding carboxylic acids is 1. The highest BCUT2D eigenvalue weighted by Gasteiger charge is 2.16. The summed E-state index contributed by atoms with van der Waals surface area (Å²) in [6.45, 7) is 5.87. The van der Waals surface area contributed by atoms with Gasteiger partial charge in [0.15, 0.2) is 5.82 Å². The largest absolute Gasteiger partial charge is 0.496 e. The smallest absolute Gasteiger partial charge is 0.305 e. The Morgan fingerprint density at radius 3 is 2.51 bits per heavy atom. The number of benzene rings is 2. The fourth-order valence-electron chi connectivity index (χ4n) is 3.68. The molecule has 1 heterocycles. The predicted molar refractivity (Wildman–Crippen MR) is 129 cm³/mol. The van der Waals surface area contributed by atoms with Crippen molar-refractivity contribution in [2.24, 2.45) is 0 Å². The molecule has 1 aromatic heterocycles. The average molecular weight is 478 g/mol. The monoisotopic (exact) mass is 477 g/mol. The quantitative estimate of drug-likeness (QED) is 0.356. The van der Waals surface area contributed by atoms with Gasteiger partial charge in [0.2, 0.25) is 0 Å². The Hall–Kier alpha value is -3.99. The van der Waals surface area contributed by atoms with Crippen molar-refractivity contribution < 1.29 is 23.4 Å². The molecule has 0 saturated heterocycles. The van der Waals surface area contributed by atoms with Crippen molar-refractivity contribution in [1.82, 2.24) is 9.97 Å². The highest BCUT2D eigenvalue weighted by atomic mass is 19.1. The van der Waals surface area contributed by atoms with Crippen LogP contribution in [0.25, 0.3) is 22.5 Å². The average Bonchev–Trinajstić information content (AvgIpc) is 2.84. The minimum atomic E-state index is -0.421. The molecule has 8 heteroatoms. The van der Waals surface area contributed by atoms with Crippen LogP contribution in [0.3, 0.4) is 0 Å². The van der Waals surface area contributed by atoms with E-state index in [0.29, 0.717) is 64.6 Å². The molecule has 0 amide bonds. The van der Waals surface area contributed by atoms with E-state index in [1.807, 2.05) is 13.8 Å². The molecule has 0 aliphatic carbocycles. The van der Waals surface area contributed by atoms with Gasteiger partial charge < -0.3 is 14.2 Å². The van der Waals surface area contributed by atoms with Crippen molar-refractivity contribution in [3.8, 4) is 40.1 Å². The van der Waals surface area contributed by atoms with E-state index >= 15 is 0 Å². The first-order valence-corrected chi connectivity index (χ1v) is 11.4. The second-order valence-corrected chi connectivity index (χ2v) is 8.09. The van der Waals surface area contributed by atoms with Gasteiger partial charge in [-0.25, -0.2) is 14.4 Å².